The molecular weight excluding hydrogens is 188 g/mol. The number of rotatable bonds is 3. The maximum atomic E-state index is 4.29. The molecule has 1 atom stereocenters. The molecule has 1 aliphatic rings. The van der Waals surface area contributed by atoms with Gasteiger partial charge in [-0.1, -0.05) is 6.92 Å². The number of nitrogens with one attached hydrogen (secondary N) is 1. The minimum absolute atomic E-state index is 0.518. The monoisotopic (exact) mass is 208 g/mol. The molecule has 15 heavy (non-hydrogen) atoms. The minimum atomic E-state index is 0.518. The summed E-state index contributed by atoms with van der Waals surface area (Å²) in [5.74, 6) is 1.79. The van der Waals surface area contributed by atoms with Crippen molar-refractivity contribution in [3.8, 4) is 0 Å². The lowest BCUT2D eigenvalue weighted by Gasteiger charge is -2.24. The zero-order valence-electron chi connectivity index (χ0n) is 9.61. The predicted octanol–water partition coefficient (Wildman–Crippen LogP) is 1.72. The summed E-state index contributed by atoms with van der Waals surface area (Å²) in [6.45, 7) is 6.65. The molecule has 0 amide bonds. The molecule has 84 valence electrons. The van der Waals surface area contributed by atoms with E-state index in [9.17, 15) is 0 Å². The molecule has 2 heterocycles. The van der Waals surface area contributed by atoms with E-state index < -0.39 is 0 Å². The summed E-state index contributed by atoms with van der Waals surface area (Å²) in [4.78, 5) is 0. The van der Waals surface area contributed by atoms with E-state index in [0.29, 0.717) is 12.0 Å². The SMILES string of the molecule is CCC(C)n1cnnc1C1CCNCC1. The van der Waals surface area contributed by atoms with Gasteiger partial charge in [0.1, 0.15) is 12.2 Å². The first-order valence-corrected chi connectivity index (χ1v) is 5.93. The third kappa shape index (κ3) is 2.20. The van der Waals surface area contributed by atoms with E-state index in [1.54, 1.807) is 0 Å². The summed E-state index contributed by atoms with van der Waals surface area (Å²) in [6.07, 6.45) is 5.39. The zero-order chi connectivity index (χ0) is 10.7. The van der Waals surface area contributed by atoms with Crippen molar-refractivity contribution in [2.75, 3.05) is 13.1 Å². The Morgan fingerprint density at radius 1 is 1.53 bits per heavy atom. The standard InChI is InChI=1S/C11H20N4/c1-3-9(2)15-8-13-14-11(15)10-4-6-12-7-5-10/h8-10,12H,3-7H2,1-2H3. The lowest BCUT2D eigenvalue weighted by Crippen LogP contribution is -2.28. The van der Waals surface area contributed by atoms with Gasteiger partial charge in [-0.2, -0.15) is 0 Å². The van der Waals surface area contributed by atoms with Gasteiger partial charge in [-0.25, -0.2) is 0 Å². The highest BCUT2D eigenvalue weighted by molar-refractivity contribution is 5.00. The van der Waals surface area contributed by atoms with Crippen LogP contribution in [0.2, 0.25) is 0 Å². The molecule has 0 aliphatic carbocycles. The van der Waals surface area contributed by atoms with Crippen molar-refractivity contribution in [2.24, 2.45) is 0 Å². The Kier molecular flexibility index (Phi) is 3.36. The predicted molar refractivity (Wildman–Crippen MR) is 59.9 cm³/mol. The largest absolute Gasteiger partial charge is 0.317 e. The number of piperidine rings is 1. The lowest BCUT2D eigenvalue weighted by molar-refractivity contribution is 0.410. The first-order chi connectivity index (χ1) is 7.33. The van der Waals surface area contributed by atoms with Crippen LogP contribution in [0.25, 0.3) is 0 Å². The van der Waals surface area contributed by atoms with Crippen molar-refractivity contribution in [3.05, 3.63) is 12.2 Å². The summed E-state index contributed by atoms with van der Waals surface area (Å²) in [7, 11) is 0. The van der Waals surface area contributed by atoms with Crippen LogP contribution in [0, 0.1) is 0 Å². The van der Waals surface area contributed by atoms with Crippen LogP contribution in [0.5, 0.6) is 0 Å². The Morgan fingerprint density at radius 2 is 2.27 bits per heavy atom. The quantitative estimate of drug-likeness (QED) is 0.822. The van der Waals surface area contributed by atoms with E-state index in [4.69, 9.17) is 0 Å². The molecular formula is C11H20N4. The maximum Gasteiger partial charge on any atom is 0.136 e. The van der Waals surface area contributed by atoms with Gasteiger partial charge in [0.25, 0.3) is 0 Å². The van der Waals surface area contributed by atoms with E-state index in [1.807, 2.05) is 6.33 Å². The molecule has 4 nitrogen and oxygen atoms in total. The number of aromatic nitrogens is 3. The average molecular weight is 208 g/mol. The highest BCUT2D eigenvalue weighted by atomic mass is 15.3. The second-order valence-electron chi connectivity index (χ2n) is 4.38. The Morgan fingerprint density at radius 3 is 2.93 bits per heavy atom. The molecule has 1 N–H and O–H groups in total. The fourth-order valence-corrected chi connectivity index (χ4v) is 2.16. The lowest BCUT2D eigenvalue weighted by atomic mass is 9.97. The summed E-state index contributed by atoms with van der Waals surface area (Å²) < 4.78 is 2.25. The van der Waals surface area contributed by atoms with Gasteiger partial charge in [0, 0.05) is 12.0 Å². The Balaban J connectivity index is 2.15. The van der Waals surface area contributed by atoms with Gasteiger partial charge in [0.05, 0.1) is 0 Å². The molecule has 1 aromatic rings. The van der Waals surface area contributed by atoms with Gasteiger partial charge < -0.3 is 9.88 Å². The highest BCUT2D eigenvalue weighted by Crippen LogP contribution is 2.25. The summed E-state index contributed by atoms with van der Waals surface area (Å²) >= 11 is 0. The van der Waals surface area contributed by atoms with Crippen LogP contribution in [0.3, 0.4) is 0 Å². The fraction of sp³-hybridized carbons (Fsp3) is 0.818. The number of hydrogen-bond acceptors (Lipinski definition) is 3. The molecule has 1 aromatic heterocycles. The van der Waals surface area contributed by atoms with Crippen molar-refractivity contribution >= 4 is 0 Å². The summed E-state index contributed by atoms with van der Waals surface area (Å²) in [6, 6.07) is 0.518. The highest BCUT2D eigenvalue weighted by Gasteiger charge is 2.21. The number of nitrogens with zero attached hydrogens (tertiary/aromatic N) is 3. The fourth-order valence-electron chi connectivity index (χ4n) is 2.16. The van der Waals surface area contributed by atoms with Gasteiger partial charge in [-0.05, 0) is 39.3 Å². The van der Waals surface area contributed by atoms with Crippen LogP contribution in [-0.2, 0) is 0 Å². The molecule has 0 saturated carbocycles. The smallest absolute Gasteiger partial charge is 0.136 e. The zero-order valence-corrected chi connectivity index (χ0v) is 9.61. The third-order valence-corrected chi connectivity index (χ3v) is 3.37. The van der Waals surface area contributed by atoms with Crippen LogP contribution >= 0.6 is 0 Å². The average Bonchev–Trinajstić information content (AvgIpc) is 2.78. The van der Waals surface area contributed by atoms with E-state index in [1.165, 1.54) is 18.7 Å². The van der Waals surface area contributed by atoms with Gasteiger partial charge in [-0.3, -0.25) is 0 Å². The molecule has 0 spiro atoms. The Bertz CT molecular complexity index is 301. The Hall–Kier alpha value is -0.900. The van der Waals surface area contributed by atoms with Gasteiger partial charge in [-0.15, -0.1) is 10.2 Å². The summed E-state index contributed by atoms with van der Waals surface area (Å²) in [5, 5.41) is 11.7. The van der Waals surface area contributed by atoms with Crippen LogP contribution in [0.4, 0.5) is 0 Å². The van der Waals surface area contributed by atoms with Crippen LogP contribution in [-0.4, -0.2) is 27.9 Å². The molecule has 0 aromatic carbocycles. The second-order valence-corrected chi connectivity index (χ2v) is 4.38. The molecule has 1 fully saturated rings. The molecule has 4 heteroatoms. The topological polar surface area (TPSA) is 42.7 Å². The second kappa shape index (κ2) is 4.75. The molecule has 0 radical (unpaired) electrons. The van der Waals surface area contributed by atoms with E-state index >= 15 is 0 Å². The van der Waals surface area contributed by atoms with Crippen LogP contribution < -0.4 is 5.32 Å². The van der Waals surface area contributed by atoms with E-state index in [0.717, 1.165) is 19.5 Å². The summed E-state index contributed by atoms with van der Waals surface area (Å²) in [5.41, 5.74) is 0. The normalized spacial score (nSPS) is 20.4. The van der Waals surface area contributed by atoms with Crippen molar-refractivity contribution in [2.45, 2.75) is 45.1 Å². The first-order valence-electron chi connectivity index (χ1n) is 5.93. The van der Waals surface area contributed by atoms with Gasteiger partial charge in [0.15, 0.2) is 0 Å². The van der Waals surface area contributed by atoms with Crippen molar-refractivity contribution in [3.63, 3.8) is 0 Å². The van der Waals surface area contributed by atoms with Crippen LogP contribution in [0.1, 0.15) is 50.9 Å². The molecule has 1 aliphatic heterocycles. The maximum absolute atomic E-state index is 4.29. The first kappa shape index (κ1) is 10.6. The Labute approximate surface area is 91.1 Å². The molecule has 2 rings (SSSR count). The molecule has 1 saturated heterocycles. The van der Waals surface area contributed by atoms with Gasteiger partial charge >= 0.3 is 0 Å². The van der Waals surface area contributed by atoms with E-state index in [2.05, 4.69) is 33.9 Å². The van der Waals surface area contributed by atoms with E-state index in [-0.39, 0.29) is 0 Å². The minimum Gasteiger partial charge on any atom is -0.317 e. The van der Waals surface area contributed by atoms with Crippen molar-refractivity contribution in [1.82, 2.24) is 20.1 Å². The van der Waals surface area contributed by atoms with Crippen molar-refractivity contribution < 1.29 is 0 Å². The number of hydrogen-bond donors (Lipinski definition) is 1. The van der Waals surface area contributed by atoms with Gasteiger partial charge in [0.2, 0.25) is 0 Å². The molecule has 1 unspecified atom stereocenters. The third-order valence-electron chi connectivity index (χ3n) is 3.37. The van der Waals surface area contributed by atoms with Crippen LogP contribution in [0.15, 0.2) is 6.33 Å². The molecule has 0 bridgehead atoms. The van der Waals surface area contributed by atoms with Crippen molar-refractivity contribution in [1.29, 1.82) is 0 Å².